The first-order valence-electron chi connectivity index (χ1n) is 10.2. The minimum absolute atomic E-state index is 0.0350. The Balaban J connectivity index is 2.10. The molecule has 1 saturated carbocycles. The molecule has 172 valence electrons. The van der Waals surface area contributed by atoms with E-state index in [1.807, 2.05) is 0 Å². The fourth-order valence-electron chi connectivity index (χ4n) is 4.63. The fraction of sp³-hybridized carbons (Fsp3) is 0.435. The van der Waals surface area contributed by atoms with Crippen LogP contribution in [0.3, 0.4) is 0 Å². The Morgan fingerprint density at radius 2 is 1.72 bits per heavy atom. The average Bonchev–Trinajstić information content (AvgIpc) is 3.35. The highest BCUT2D eigenvalue weighted by Gasteiger charge is 2.59. The Hall–Kier alpha value is -2.94. The van der Waals surface area contributed by atoms with Crippen LogP contribution in [0.15, 0.2) is 57.9 Å². The molecule has 0 saturated heterocycles. The van der Waals surface area contributed by atoms with Gasteiger partial charge in [-0.05, 0) is 55.7 Å². The van der Waals surface area contributed by atoms with Gasteiger partial charge in [0.1, 0.15) is 0 Å². The van der Waals surface area contributed by atoms with Crippen LogP contribution in [0.5, 0.6) is 0 Å². The molecule has 2 aliphatic rings. The van der Waals surface area contributed by atoms with Crippen molar-refractivity contribution in [2.75, 3.05) is 20.8 Å². The third-order valence-corrected chi connectivity index (χ3v) is 8.07. The van der Waals surface area contributed by atoms with Gasteiger partial charge >= 0.3 is 17.9 Å². The van der Waals surface area contributed by atoms with E-state index < -0.39 is 45.0 Å². The number of carbonyl (C=O) groups excluding carboxylic acids is 3. The first-order valence-corrected chi connectivity index (χ1v) is 11.7. The van der Waals surface area contributed by atoms with Crippen molar-refractivity contribution < 1.29 is 37.0 Å². The zero-order chi connectivity index (χ0) is 23.5. The van der Waals surface area contributed by atoms with Gasteiger partial charge in [0.15, 0.2) is 5.41 Å². The molecule has 3 rings (SSSR count). The van der Waals surface area contributed by atoms with E-state index in [-0.39, 0.29) is 35.7 Å². The molecule has 0 unspecified atom stereocenters. The number of rotatable bonds is 7. The lowest BCUT2D eigenvalue weighted by Crippen LogP contribution is -2.39. The van der Waals surface area contributed by atoms with Crippen LogP contribution in [0.25, 0.3) is 0 Å². The van der Waals surface area contributed by atoms with E-state index in [0.717, 1.165) is 0 Å². The van der Waals surface area contributed by atoms with E-state index in [9.17, 15) is 22.8 Å². The van der Waals surface area contributed by atoms with Crippen molar-refractivity contribution >= 4 is 27.7 Å². The van der Waals surface area contributed by atoms with Crippen molar-refractivity contribution in [2.45, 2.75) is 31.1 Å². The van der Waals surface area contributed by atoms with E-state index in [1.165, 1.54) is 32.4 Å². The number of carbonyl (C=O) groups is 3. The normalized spacial score (nSPS) is 22.0. The second-order valence-corrected chi connectivity index (χ2v) is 9.77. The number of hydrogen-bond acceptors (Lipinski definition) is 8. The lowest BCUT2D eigenvalue weighted by Gasteiger charge is -2.24. The molecule has 8 nitrogen and oxygen atoms in total. The molecule has 32 heavy (non-hydrogen) atoms. The van der Waals surface area contributed by atoms with Crippen molar-refractivity contribution in [1.29, 1.82) is 0 Å². The highest BCUT2D eigenvalue weighted by atomic mass is 32.2. The lowest BCUT2D eigenvalue weighted by molar-refractivity contribution is -0.168. The monoisotopic (exact) mass is 462 g/mol. The quantitative estimate of drug-likeness (QED) is 0.263. The number of hydrogen-bond donors (Lipinski definition) is 0. The Labute approximate surface area is 187 Å². The highest BCUT2D eigenvalue weighted by Crippen LogP contribution is 2.57. The molecular weight excluding hydrogens is 436 g/mol. The molecule has 0 N–H and O–H groups in total. The van der Waals surface area contributed by atoms with Crippen LogP contribution in [0.1, 0.15) is 26.2 Å². The summed E-state index contributed by atoms with van der Waals surface area (Å²) in [7, 11) is -1.51. The molecule has 2 aliphatic carbocycles. The molecule has 0 radical (unpaired) electrons. The van der Waals surface area contributed by atoms with Gasteiger partial charge < -0.3 is 14.2 Å². The molecule has 1 fully saturated rings. The molecule has 1 aromatic carbocycles. The van der Waals surface area contributed by atoms with Crippen molar-refractivity contribution in [3.8, 4) is 0 Å². The van der Waals surface area contributed by atoms with Gasteiger partial charge in [-0.15, -0.1) is 0 Å². The number of sulfone groups is 1. The van der Waals surface area contributed by atoms with Crippen LogP contribution in [0, 0.1) is 17.3 Å². The fourth-order valence-corrected chi connectivity index (χ4v) is 6.41. The average molecular weight is 463 g/mol. The van der Waals surface area contributed by atoms with Gasteiger partial charge in [0.25, 0.3) is 0 Å². The number of allylic oxidation sites excluding steroid dienone is 3. The number of esters is 3. The van der Waals surface area contributed by atoms with Crippen LogP contribution >= 0.6 is 0 Å². The maximum Gasteiger partial charge on any atom is 0.330 e. The Morgan fingerprint density at radius 3 is 2.28 bits per heavy atom. The van der Waals surface area contributed by atoms with Crippen LogP contribution in [0.4, 0.5) is 0 Å². The standard InChI is InChI=1S/C23H26O8S/c1-4-31-20(24)11-10-15-12-19(32(27,28)16-8-6-5-7-9-16)18-14-23(13-17(15)18,21(25)29-2)22(26)30-3/h5-11,15,17H,4,12-14H2,1-3H3/b11-10+/t15-,17+/m0/s1. The molecule has 1 aromatic rings. The molecule has 9 heteroatoms. The van der Waals surface area contributed by atoms with Gasteiger partial charge in [-0.1, -0.05) is 24.3 Å². The van der Waals surface area contributed by atoms with E-state index in [0.29, 0.717) is 5.57 Å². The van der Waals surface area contributed by atoms with Crippen LogP contribution < -0.4 is 0 Å². The Kier molecular flexibility index (Phi) is 6.88. The topological polar surface area (TPSA) is 113 Å². The van der Waals surface area contributed by atoms with E-state index in [2.05, 4.69) is 0 Å². The minimum atomic E-state index is -3.86. The summed E-state index contributed by atoms with van der Waals surface area (Å²) < 4.78 is 41.6. The summed E-state index contributed by atoms with van der Waals surface area (Å²) in [6.45, 7) is 1.89. The maximum atomic E-state index is 13.4. The molecule has 0 bridgehead atoms. The third kappa shape index (κ3) is 4.09. The van der Waals surface area contributed by atoms with Gasteiger partial charge in [-0.3, -0.25) is 9.59 Å². The third-order valence-electron chi connectivity index (χ3n) is 6.10. The van der Waals surface area contributed by atoms with Gasteiger partial charge in [0.2, 0.25) is 9.84 Å². The van der Waals surface area contributed by atoms with Crippen molar-refractivity contribution in [2.24, 2.45) is 17.3 Å². The molecule has 0 amide bonds. The summed E-state index contributed by atoms with van der Waals surface area (Å²) >= 11 is 0. The van der Waals surface area contributed by atoms with Crippen molar-refractivity contribution in [3.05, 3.63) is 53.0 Å². The summed E-state index contributed by atoms with van der Waals surface area (Å²) in [5, 5.41) is 0. The van der Waals surface area contributed by atoms with E-state index >= 15 is 0 Å². The van der Waals surface area contributed by atoms with Gasteiger partial charge in [0, 0.05) is 11.0 Å². The predicted molar refractivity (Wildman–Crippen MR) is 114 cm³/mol. The van der Waals surface area contributed by atoms with E-state index in [4.69, 9.17) is 14.2 Å². The summed E-state index contributed by atoms with van der Waals surface area (Å²) in [4.78, 5) is 37.5. The van der Waals surface area contributed by atoms with Crippen molar-refractivity contribution in [1.82, 2.24) is 0 Å². The first kappa shape index (κ1) is 23.7. The first-order chi connectivity index (χ1) is 15.2. The van der Waals surface area contributed by atoms with Gasteiger partial charge in [-0.2, -0.15) is 0 Å². The van der Waals surface area contributed by atoms with Gasteiger partial charge in [0.05, 0.1) is 25.7 Å². The molecule has 0 spiro atoms. The lowest BCUT2D eigenvalue weighted by atomic mass is 9.82. The van der Waals surface area contributed by atoms with E-state index in [1.54, 1.807) is 31.2 Å². The minimum Gasteiger partial charge on any atom is -0.468 e. The molecule has 0 aromatic heterocycles. The Morgan fingerprint density at radius 1 is 1.09 bits per heavy atom. The number of fused-ring (bicyclic) bond motifs is 1. The second-order valence-electron chi connectivity index (χ2n) is 7.80. The summed E-state index contributed by atoms with van der Waals surface area (Å²) in [5.74, 6) is -2.92. The largest absolute Gasteiger partial charge is 0.468 e. The smallest absolute Gasteiger partial charge is 0.330 e. The van der Waals surface area contributed by atoms with Crippen LogP contribution in [-0.4, -0.2) is 47.2 Å². The number of ether oxygens (including phenoxy) is 3. The molecule has 0 aliphatic heterocycles. The highest BCUT2D eigenvalue weighted by molar-refractivity contribution is 7.95. The van der Waals surface area contributed by atoms with Crippen LogP contribution in [-0.2, 0) is 38.4 Å². The predicted octanol–water partition coefficient (Wildman–Crippen LogP) is 2.60. The summed E-state index contributed by atoms with van der Waals surface area (Å²) in [6, 6.07) is 7.98. The SMILES string of the molecule is CCOC(=O)/C=C/[C@H]1CC(S(=O)(=O)c2ccccc2)=C2CC(C(=O)OC)(C(=O)OC)C[C@@H]21. The zero-order valence-electron chi connectivity index (χ0n) is 18.2. The summed E-state index contributed by atoms with van der Waals surface area (Å²) in [6.07, 6.45) is 2.95. The van der Waals surface area contributed by atoms with Gasteiger partial charge in [-0.25, -0.2) is 13.2 Å². The van der Waals surface area contributed by atoms with Crippen LogP contribution in [0.2, 0.25) is 0 Å². The molecule has 0 heterocycles. The molecular formula is C23H26O8S. The molecule has 2 atom stereocenters. The summed E-state index contributed by atoms with van der Waals surface area (Å²) in [5.41, 5.74) is -1.12. The maximum absolute atomic E-state index is 13.4. The zero-order valence-corrected chi connectivity index (χ0v) is 19.0. The van der Waals surface area contributed by atoms with Crippen molar-refractivity contribution in [3.63, 3.8) is 0 Å². The second kappa shape index (κ2) is 9.28. The number of methoxy groups -OCH3 is 2. The number of benzene rings is 1. The Bertz CT molecular complexity index is 1050.